The molecule has 0 radical (unpaired) electrons. The van der Waals surface area contributed by atoms with E-state index in [1.54, 1.807) is 7.05 Å². The summed E-state index contributed by atoms with van der Waals surface area (Å²) < 4.78 is 0. The van der Waals surface area contributed by atoms with Crippen LogP contribution in [0.1, 0.15) is 37.7 Å². The first-order valence-electron chi connectivity index (χ1n) is 8.63. The highest BCUT2D eigenvalue weighted by Crippen LogP contribution is 2.21. The zero-order valence-corrected chi connectivity index (χ0v) is 15.4. The molecular weight excluding hydrogens is 342 g/mol. The number of benzene rings is 1. The number of nitrogens with one attached hydrogen (secondary N) is 2. The smallest absolute Gasteiger partial charge is 0.451 e. The third-order valence-corrected chi connectivity index (χ3v) is 4.66. The molecule has 1 unspecified atom stereocenters. The molecule has 1 atom stereocenters. The van der Waals surface area contributed by atoms with Gasteiger partial charge < -0.3 is 25.8 Å². The Hall–Kier alpha value is -1.12. The van der Waals surface area contributed by atoms with E-state index in [9.17, 15) is 9.90 Å². The van der Waals surface area contributed by atoms with Gasteiger partial charge in [0, 0.05) is 11.6 Å². The number of rotatable bonds is 13. The highest BCUT2D eigenvalue weighted by atomic mass is 35.5. The molecule has 0 heterocycles. The number of carbonyl (C=O) groups is 1. The van der Waals surface area contributed by atoms with Crippen molar-refractivity contribution in [1.82, 2.24) is 10.6 Å². The number of halogens is 1. The van der Waals surface area contributed by atoms with Crippen molar-refractivity contribution < 1.29 is 19.9 Å². The van der Waals surface area contributed by atoms with Crippen molar-refractivity contribution in [3.05, 3.63) is 34.9 Å². The minimum Gasteiger partial charge on any atom is -0.480 e. The molecule has 1 aromatic rings. The van der Waals surface area contributed by atoms with E-state index in [0.717, 1.165) is 12.0 Å². The predicted octanol–water partition coefficient (Wildman–Crippen LogP) is 1.90. The molecule has 0 aromatic heterocycles. The maximum absolute atomic E-state index is 11.7. The van der Waals surface area contributed by atoms with Crippen molar-refractivity contribution in [2.24, 2.45) is 0 Å². The van der Waals surface area contributed by atoms with Crippen molar-refractivity contribution in [1.29, 1.82) is 0 Å². The molecule has 0 spiro atoms. The van der Waals surface area contributed by atoms with Crippen molar-refractivity contribution in [3.63, 3.8) is 0 Å². The zero-order chi connectivity index (χ0) is 18.7. The second-order valence-corrected chi connectivity index (χ2v) is 6.71. The Morgan fingerprint density at radius 1 is 1.16 bits per heavy atom. The van der Waals surface area contributed by atoms with Crippen LogP contribution in [-0.2, 0) is 11.3 Å². The Bertz CT molecular complexity index is 516. The fraction of sp³-hybridized carbons (Fsp3) is 0.588. The van der Waals surface area contributed by atoms with Gasteiger partial charge in [-0.05, 0) is 56.9 Å². The van der Waals surface area contributed by atoms with Crippen molar-refractivity contribution in [2.45, 2.75) is 50.5 Å². The summed E-state index contributed by atoms with van der Waals surface area (Å²) in [5.74, 6) is -0.864. The second-order valence-electron chi connectivity index (χ2n) is 6.27. The molecule has 0 aliphatic rings. The van der Waals surface area contributed by atoms with Gasteiger partial charge in [0.05, 0.1) is 0 Å². The van der Waals surface area contributed by atoms with Crippen LogP contribution in [0.2, 0.25) is 11.3 Å². The average molecular weight is 371 g/mol. The molecule has 0 amide bonds. The lowest BCUT2D eigenvalue weighted by Gasteiger charge is -2.29. The summed E-state index contributed by atoms with van der Waals surface area (Å²) in [6.07, 6.45) is 3.18. The van der Waals surface area contributed by atoms with Gasteiger partial charge in [-0.25, -0.2) is 0 Å². The predicted molar refractivity (Wildman–Crippen MR) is 101 cm³/mol. The average Bonchev–Trinajstić information content (AvgIpc) is 2.57. The first-order chi connectivity index (χ1) is 11.9. The third kappa shape index (κ3) is 8.20. The SMILES string of the molecule is CNC(CCCCB(O)O)(CCCNCc1ccc(Cl)cc1)C(=O)O. The highest BCUT2D eigenvalue weighted by molar-refractivity contribution is 6.40. The molecule has 0 fully saturated rings. The van der Waals surface area contributed by atoms with Gasteiger partial charge >= 0.3 is 13.1 Å². The number of aliphatic carboxylic acids is 1. The van der Waals surface area contributed by atoms with Crippen LogP contribution in [-0.4, -0.2) is 47.4 Å². The second kappa shape index (κ2) is 11.5. The minimum atomic E-state index is -1.33. The van der Waals surface area contributed by atoms with Crippen LogP contribution in [0.4, 0.5) is 0 Å². The van der Waals surface area contributed by atoms with Gasteiger partial charge in [0.1, 0.15) is 5.54 Å². The van der Waals surface area contributed by atoms with Gasteiger partial charge in [-0.2, -0.15) is 0 Å². The number of unbranched alkanes of at least 4 members (excludes halogenated alkanes) is 1. The summed E-state index contributed by atoms with van der Waals surface area (Å²) in [6, 6.07) is 7.61. The lowest BCUT2D eigenvalue weighted by Crippen LogP contribution is -2.50. The summed E-state index contributed by atoms with van der Waals surface area (Å²) in [4.78, 5) is 11.7. The number of likely N-dealkylation sites (N-methyl/N-ethyl adjacent to an activating group) is 1. The van der Waals surface area contributed by atoms with Gasteiger partial charge in [-0.15, -0.1) is 0 Å². The molecule has 0 bridgehead atoms. The van der Waals surface area contributed by atoms with E-state index in [4.69, 9.17) is 21.6 Å². The fourth-order valence-corrected chi connectivity index (χ4v) is 2.93. The normalized spacial score (nSPS) is 13.4. The van der Waals surface area contributed by atoms with Crippen LogP contribution in [0.15, 0.2) is 24.3 Å². The van der Waals surface area contributed by atoms with Crippen LogP contribution in [0.25, 0.3) is 0 Å². The Morgan fingerprint density at radius 2 is 1.80 bits per heavy atom. The van der Waals surface area contributed by atoms with Crippen LogP contribution >= 0.6 is 11.6 Å². The van der Waals surface area contributed by atoms with Crippen LogP contribution in [0, 0.1) is 0 Å². The fourth-order valence-electron chi connectivity index (χ4n) is 2.80. The summed E-state index contributed by atoms with van der Waals surface area (Å²) >= 11 is 5.85. The topological polar surface area (TPSA) is 102 Å². The van der Waals surface area contributed by atoms with Crippen LogP contribution in [0.3, 0.4) is 0 Å². The zero-order valence-electron chi connectivity index (χ0n) is 14.7. The molecule has 5 N–H and O–H groups in total. The third-order valence-electron chi connectivity index (χ3n) is 4.40. The Labute approximate surface area is 154 Å². The molecular formula is C17H28BClN2O4. The van der Waals surface area contributed by atoms with Crippen molar-refractivity contribution >= 4 is 24.7 Å². The Kier molecular flexibility index (Phi) is 10.1. The number of hydrogen-bond acceptors (Lipinski definition) is 5. The molecule has 0 saturated carbocycles. The monoisotopic (exact) mass is 370 g/mol. The molecule has 0 saturated heterocycles. The highest BCUT2D eigenvalue weighted by Gasteiger charge is 2.35. The molecule has 25 heavy (non-hydrogen) atoms. The van der Waals surface area contributed by atoms with Crippen molar-refractivity contribution in [3.8, 4) is 0 Å². The maximum Gasteiger partial charge on any atom is 0.451 e. The van der Waals surface area contributed by atoms with E-state index in [-0.39, 0.29) is 6.32 Å². The van der Waals surface area contributed by atoms with E-state index in [1.165, 1.54) is 0 Å². The number of carboxylic acids is 1. The number of hydrogen-bond donors (Lipinski definition) is 5. The lowest BCUT2D eigenvalue weighted by atomic mass is 9.81. The number of carboxylic acid groups (broad SMARTS) is 1. The molecule has 0 aliphatic carbocycles. The summed E-state index contributed by atoms with van der Waals surface area (Å²) in [6.45, 7) is 1.43. The molecule has 6 nitrogen and oxygen atoms in total. The van der Waals surface area contributed by atoms with E-state index < -0.39 is 18.6 Å². The molecule has 8 heteroatoms. The Balaban J connectivity index is 2.36. The van der Waals surface area contributed by atoms with Gasteiger partial charge in [0.15, 0.2) is 0 Å². The van der Waals surface area contributed by atoms with E-state index in [2.05, 4.69) is 10.6 Å². The maximum atomic E-state index is 11.7. The Morgan fingerprint density at radius 3 is 2.36 bits per heavy atom. The van der Waals surface area contributed by atoms with Gasteiger partial charge in [0.25, 0.3) is 0 Å². The standard InChI is InChI=1S/C17H28BClN2O4/c1-20-17(16(22)23,9-2-3-11-18(24)25)10-4-12-21-13-14-5-7-15(19)8-6-14/h5-8,20-21,24-25H,2-4,9-13H2,1H3,(H,22,23). The van der Waals surface area contributed by atoms with Gasteiger partial charge in [-0.3, -0.25) is 4.79 Å². The van der Waals surface area contributed by atoms with Gasteiger partial charge in [-0.1, -0.05) is 36.6 Å². The minimum absolute atomic E-state index is 0.266. The van der Waals surface area contributed by atoms with E-state index in [1.807, 2.05) is 24.3 Å². The van der Waals surface area contributed by atoms with E-state index in [0.29, 0.717) is 43.8 Å². The quantitative estimate of drug-likeness (QED) is 0.268. The first kappa shape index (κ1) is 21.9. The van der Waals surface area contributed by atoms with Gasteiger partial charge in [0.2, 0.25) is 0 Å². The van der Waals surface area contributed by atoms with E-state index >= 15 is 0 Å². The summed E-state index contributed by atoms with van der Waals surface area (Å²) in [5.41, 5.74) is 0.160. The molecule has 0 aliphatic heterocycles. The molecule has 1 aromatic carbocycles. The molecule has 1 rings (SSSR count). The summed E-state index contributed by atoms with van der Waals surface area (Å²) in [5, 5.41) is 34.3. The van der Waals surface area contributed by atoms with Crippen LogP contribution < -0.4 is 10.6 Å². The van der Waals surface area contributed by atoms with Crippen LogP contribution in [0.5, 0.6) is 0 Å². The lowest BCUT2D eigenvalue weighted by molar-refractivity contribution is -0.145. The first-order valence-corrected chi connectivity index (χ1v) is 9.01. The molecule has 140 valence electrons. The largest absolute Gasteiger partial charge is 0.480 e. The summed E-state index contributed by atoms with van der Waals surface area (Å²) in [7, 11) is 0.335. The van der Waals surface area contributed by atoms with Crippen molar-refractivity contribution in [2.75, 3.05) is 13.6 Å².